The maximum absolute atomic E-state index is 12.2. The Morgan fingerprint density at radius 2 is 2.05 bits per heavy atom. The predicted molar refractivity (Wildman–Crippen MR) is 79.2 cm³/mol. The molecule has 1 aliphatic carbocycles. The van der Waals surface area contributed by atoms with E-state index in [4.69, 9.17) is 5.73 Å². The molecule has 112 valence electrons. The van der Waals surface area contributed by atoms with E-state index < -0.39 is 6.04 Å². The summed E-state index contributed by atoms with van der Waals surface area (Å²) in [5, 5.41) is 2.91. The van der Waals surface area contributed by atoms with Gasteiger partial charge < -0.3 is 16.0 Å². The van der Waals surface area contributed by atoms with Gasteiger partial charge in [-0.3, -0.25) is 9.59 Å². The number of hydrogen-bond acceptors (Lipinski definition) is 3. The van der Waals surface area contributed by atoms with Gasteiger partial charge in [-0.15, -0.1) is 0 Å². The fraction of sp³-hybridized carbons (Fsp3) is 0.500. The van der Waals surface area contributed by atoms with E-state index in [1.165, 1.54) is 0 Å². The lowest BCUT2D eigenvalue weighted by Gasteiger charge is -2.18. The molecule has 1 saturated carbocycles. The number of nitrogens with one attached hydrogen (secondary N) is 1. The molecule has 1 aromatic rings. The van der Waals surface area contributed by atoms with Crippen LogP contribution in [0.25, 0.3) is 0 Å². The van der Waals surface area contributed by atoms with Crippen LogP contribution in [0.5, 0.6) is 0 Å². The number of rotatable bonds is 4. The van der Waals surface area contributed by atoms with Gasteiger partial charge >= 0.3 is 0 Å². The highest BCUT2D eigenvalue weighted by Crippen LogP contribution is 2.37. The minimum absolute atomic E-state index is 0.118. The maximum Gasteiger partial charge on any atom is 0.241 e. The lowest BCUT2D eigenvalue weighted by atomic mass is 10.1. The van der Waals surface area contributed by atoms with Crippen LogP contribution in [0.2, 0.25) is 0 Å². The fourth-order valence-electron chi connectivity index (χ4n) is 2.99. The van der Waals surface area contributed by atoms with Gasteiger partial charge in [0.25, 0.3) is 0 Å². The van der Waals surface area contributed by atoms with Crippen LogP contribution < -0.4 is 11.1 Å². The average Bonchev–Trinajstić information content (AvgIpc) is 3.09. The molecule has 21 heavy (non-hydrogen) atoms. The third kappa shape index (κ3) is 2.93. The summed E-state index contributed by atoms with van der Waals surface area (Å²) in [6, 6.07) is 8.85. The first kappa shape index (κ1) is 14.1. The Morgan fingerprint density at radius 1 is 1.38 bits per heavy atom. The highest BCUT2D eigenvalue weighted by molar-refractivity contribution is 5.85. The summed E-state index contributed by atoms with van der Waals surface area (Å²) in [4.78, 5) is 26.1. The van der Waals surface area contributed by atoms with Crippen molar-refractivity contribution >= 4 is 11.8 Å². The molecule has 0 unspecified atom stereocenters. The molecule has 1 aromatic carbocycles. The average molecular weight is 287 g/mol. The zero-order chi connectivity index (χ0) is 15.0. The molecule has 0 radical (unpaired) electrons. The molecule has 0 aromatic heterocycles. The normalized spacial score (nSPS) is 29.3. The molecular formula is C16H21N3O2. The van der Waals surface area contributed by atoms with E-state index in [1.54, 1.807) is 0 Å². The highest BCUT2D eigenvalue weighted by atomic mass is 16.2. The zero-order valence-corrected chi connectivity index (χ0v) is 12.2. The third-order valence-corrected chi connectivity index (χ3v) is 4.41. The summed E-state index contributed by atoms with van der Waals surface area (Å²) in [5.74, 6) is 0.516. The largest absolute Gasteiger partial charge is 0.349 e. The summed E-state index contributed by atoms with van der Waals surface area (Å²) < 4.78 is 0. The van der Waals surface area contributed by atoms with Crippen LogP contribution in [0.15, 0.2) is 30.3 Å². The van der Waals surface area contributed by atoms with Gasteiger partial charge in [0.2, 0.25) is 11.8 Å². The van der Waals surface area contributed by atoms with Crippen molar-refractivity contribution in [3.05, 3.63) is 35.9 Å². The van der Waals surface area contributed by atoms with Crippen molar-refractivity contribution in [3.8, 4) is 0 Å². The SMILES string of the molecule is C[C@@H]1C[C@@H]1N1C[C@@H](NC(=O)[C@@H](N)c2ccccc2)CC1=O. The van der Waals surface area contributed by atoms with Crippen LogP contribution in [-0.4, -0.2) is 35.3 Å². The Balaban J connectivity index is 1.57. The molecule has 4 atom stereocenters. The quantitative estimate of drug-likeness (QED) is 0.860. The Kier molecular flexibility index (Phi) is 3.68. The van der Waals surface area contributed by atoms with Gasteiger partial charge in [0, 0.05) is 19.0 Å². The van der Waals surface area contributed by atoms with Gasteiger partial charge in [0.1, 0.15) is 6.04 Å². The second-order valence-electron chi connectivity index (χ2n) is 6.12. The molecule has 1 aliphatic heterocycles. The molecule has 2 amide bonds. The molecule has 1 saturated heterocycles. The summed E-state index contributed by atoms with van der Waals surface area (Å²) in [6.07, 6.45) is 1.46. The maximum atomic E-state index is 12.2. The molecule has 3 rings (SSSR count). The summed E-state index contributed by atoms with van der Waals surface area (Å²) in [6.45, 7) is 2.76. The summed E-state index contributed by atoms with van der Waals surface area (Å²) in [5.41, 5.74) is 6.75. The van der Waals surface area contributed by atoms with E-state index in [2.05, 4.69) is 12.2 Å². The standard InChI is InChI=1S/C16H21N3O2/c1-10-7-13(10)19-9-12(8-14(19)20)18-16(21)15(17)11-5-3-2-4-6-11/h2-6,10,12-13,15H,7-9,17H2,1H3,(H,18,21)/t10-,12+,13+,15+/m1/s1. The molecule has 1 heterocycles. The lowest BCUT2D eigenvalue weighted by Crippen LogP contribution is -2.42. The molecule has 2 aliphatic rings. The van der Waals surface area contributed by atoms with E-state index >= 15 is 0 Å². The predicted octanol–water partition coefficient (Wildman–Crippen LogP) is 0.812. The fourth-order valence-corrected chi connectivity index (χ4v) is 2.99. The first-order valence-electron chi connectivity index (χ1n) is 7.46. The van der Waals surface area contributed by atoms with Crippen molar-refractivity contribution < 1.29 is 9.59 Å². The van der Waals surface area contributed by atoms with Crippen molar-refractivity contribution in [2.45, 2.75) is 37.9 Å². The Morgan fingerprint density at radius 3 is 2.67 bits per heavy atom. The number of nitrogens with zero attached hydrogens (tertiary/aromatic N) is 1. The van der Waals surface area contributed by atoms with Gasteiger partial charge in [-0.05, 0) is 17.9 Å². The van der Waals surface area contributed by atoms with Crippen LogP contribution in [0, 0.1) is 5.92 Å². The molecular weight excluding hydrogens is 266 g/mol. The number of likely N-dealkylation sites (tertiary alicyclic amines) is 1. The number of hydrogen-bond donors (Lipinski definition) is 2. The number of carbonyl (C=O) groups excluding carboxylic acids is 2. The highest BCUT2D eigenvalue weighted by Gasteiger charge is 2.45. The van der Waals surface area contributed by atoms with Gasteiger partial charge in [0.15, 0.2) is 0 Å². The minimum Gasteiger partial charge on any atom is -0.349 e. The number of nitrogens with two attached hydrogens (primary N) is 1. The second kappa shape index (κ2) is 5.48. The van der Waals surface area contributed by atoms with Crippen LogP contribution in [0.1, 0.15) is 31.4 Å². The zero-order valence-electron chi connectivity index (χ0n) is 12.2. The Bertz CT molecular complexity index is 546. The van der Waals surface area contributed by atoms with E-state index in [-0.39, 0.29) is 17.9 Å². The van der Waals surface area contributed by atoms with Crippen LogP contribution in [-0.2, 0) is 9.59 Å². The van der Waals surface area contributed by atoms with E-state index in [0.717, 1.165) is 12.0 Å². The smallest absolute Gasteiger partial charge is 0.241 e. The van der Waals surface area contributed by atoms with Gasteiger partial charge in [-0.1, -0.05) is 37.3 Å². The molecule has 2 fully saturated rings. The molecule has 0 spiro atoms. The van der Waals surface area contributed by atoms with Crippen molar-refractivity contribution in [2.24, 2.45) is 11.7 Å². The number of carbonyl (C=O) groups is 2. The van der Waals surface area contributed by atoms with Gasteiger partial charge in [-0.25, -0.2) is 0 Å². The number of amides is 2. The van der Waals surface area contributed by atoms with Crippen molar-refractivity contribution in [3.63, 3.8) is 0 Å². The number of benzene rings is 1. The van der Waals surface area contributed by atoms with Crippen LogP contribution >= 0.6 is 0 Å². The van der Waals surface area contributed by atoms with E-state index in [9.17, 15) is 9.59 Å². The molecule has 5 heteroatoms. The molecule has 5 nitrogen and oxygen atoms in total. The molecule has 0 bridgehead atoms. The van der Waals surface area contributed by atoms with Crippen LogP contribution in [0.3, 0.4) is 0 Å². The summed E-state index contributed by atoms with van der Waals surface area (Å²) in [7, 11) is 0. The topological polar surface area (TPSA) is 75.4 Å². The van der Waals surface area contributed by atoms with Crippen molar-refractivity contribution in [1.29, 1.82) is 0 Å². The molecule has 3 N–H and O–H groups in total. The van der Waals surface area contributed by atoms with Gasteiger partial charge in [0.05, 0.1) is 6.04 Å². The Hall–Kier alpha value is -1.88. The second-order valence-corrected chi connectivity index (χ2v) is 6.12. The Labute approximate surface area is 124 Å². The first-order chi connectivity index (χ1) is 10.1. The minimum atomic E-state index is -0.685. The van der Waals surface area contributed by atoms with Gasteiger partial charge in [-0.2, -0.15) is 0 Å². The van der Waals surface area contributed by atoms with Crippen LogP contribution in [0.4, 0.5) is 0 Å². The van der Waals surface area contributed by atoms with E-state index in [1.807, 2.05) is 35.2 Å². The third-order valence-electron chi connectivity index (χ3n) is 4.41. The monoisotopic (exact) mass is 287 g/mol. The lowest BCUT2D eigenvalue weighted by molar-refractivity contribution is -0.128. The van der Waals surface area contributed by atoms with Crippen molar-refractivity contribution in [2.75, 3.05) is 6.54 Å². The summed E-state index contributed by atoms with van der Waals surface area (Å²) >= 11 is 0. The van der Waals surface area contributed by atoms with E-state index in [0.29, 0.717) is 24.9 Å². The van der Waals surface area contributed by atoms with Crippen molar-refractivity contribution in [1.82, 2.24) is 10.2 Å². The first-order valence-corrected chi connectivity index (χ1v) is 7.46.